The van der Waals surface area contributed by atoms with Gasteiger partial charge in [-0.05, 0) is 19.1 Å². The van der Waals surface area contributed by atoms with Crippen molar-refractivity contribution in [1.82, 2.24) is 14.8 Å². The molecule has 88 valence electrons. The lowest BCUT2D eigenvalue weighted by molar-refractivity contribution is 0.101. The first-order valence-electron chi connectivity index (χ1n) is 5.09. The standard InChI is InChI=1S/C11H13N5O/c1-7-3-4-8(5-13-7)15-11(17)10-9(12)6-14-16(10)2/h3-6H,12H2,1-2H3,(H,15,17). The fourth-order valence-corrected chi connectivity index (χ4v) is 1.46. The lowest BCUT2D eigenvalue weighted by Crippen LogP contribution is -2.17. The Morgan fingerprint density at radius 3 is 2.71 bits per heavy atom. The molecule has 0 radical (unpaired) electrons. The van der Waals surface area contributed by atoms with Crippen molar-refractivity contribution < 1.29 is 4.79 Å². The van der Waals surface area contributed by atoms with Crippen molar-refractivity contribution in [2.24, 2.45) is 7.05 Å². The normalized spacial score (nSPS) is 10.2. The molecule has 17 heavy (non-hydrogen) atoms. The molecule has 1 amide bonds. The molecule has 0 fully saturated rings. The van der Waals surface area contributed by atoms with E-state index in [0.29, 0.717) is 17.1 Å². The smallest absolute Gasteiger partial charge is 0.276 e. The lowest BCUT2D eigenvalue weighted by atomic mass is 10.3. The van der Waals surface area contributed by atoms with Gasteiger partial charge in [0.2, 0.25) is 0 Å². The SMILES string of the molecule is Cc1ccc(NC(=O)c2c(N)cnn2C)cn1. The maximum Gasteiger partial charge on any atom is 0.276 e. The molecule has 2 rings (SSSR count). The Labute approximate surface area is 98.5 Å². The predicted molar refractivity (Wildman–Crippen MR) is 64.5 cm³/mol. The molecule has 2 aromatic rings. The first kappa shape index (κ1) is 11.1. The van der Waals surface area contributed by atoms with Crippen LogP contribution in [0.25, 0.3) is 0 Å². The Kier molecular flexibility index (Phi) is 2.78. The third-order valence-electron chi connectivity index (χ3n) is 2.35. The second-order valence-electron chi connectivity index (χ2n) is 3.71. The summed E-state index contributed by atoms with van der Waals surface area (Å²) in [7, 11) is 1.67. The number of hydrogen-bond acceptors (Lipinski definition) is 4. The van der Waals surface area contributed by atoms with Gasteiger partial charge in [-0.3, -0.25) is 14.5 Å². The van der Waals surface area contributed by atoms with E-state index in [1.165, 1.54) is 10.9 Å². The zero-order chi connectivity index (χ0) is 12.4. The number of hydrogen-bond donors (Lipinski definition) is 2. The molecule has 0 aliphatic heterocycles. The lowest BCUT2D eigenvalue weighted by Gasteiger charge is -2.06. The van der Waals surface area contributed by atoms with Crippen LogP contribution in [0.4, 0.5) is 11.4 Å². The average Bonchev–Trinajstić information content (AvgIpc) is 2.62. The van der Waals surface area contributed by atoms with Gasteiger partial charge in [-0.25, -0.2) is 0 Å². The fourth-order valence-electron chi connectivity index (χ4n) is 1.46. The molecule has 6 nitrogen and oxygen atoms in total. The first-order valence-corrected chi connectivity index (χ1v) is 5.09. The van der Waals surface area contributed by atoms with Crippen molar-refractivity contribution in [3.05, 3.63) is 35.9 Å². The summed E-state index contributed by atoms with van der Waals surface area (Å²) in [6, 6.07) is 3.61. The number of carbonyl (C=O) groups is 1. The highest BCUT2D eigenvalue weighted by Gasteiger charge is 2.14. The predicted octanol–water partition coefficient (Wildman–Crippen LogP) is 0.958. The number of amides is 1. The average molecular weight is 231 g/mol. The molecule has 0 bridgehead atoms. The van der Waals surface area contributed by atoms with Crippen LogP contribution >= 0.6 is 0 Å². The quantitative estimate of drug-likeness (QED) is 0.806. The van der Waals surface area contributed by atoms with Gasteiger partial charge in [0.15, 0.2) is 0 Å². The third-order valence-corrected chi connectivity index (χ3v) is 2.35. The highest BCUT2D eigenvalue weighted by Crippen LogP contribution is 2.13. The van der Waals surface area contributed by atoms with Crippen LogP contribution in [0.3, 0.4) is 0 Å². The number of nitrogens with two attached hydrogens (primary N) is 1. The molecule has 0 saturated carbocycles. The first-order chi connectivity index (χ1) is 8.08. The van der Waals surface area contributed by atoms with Crippen LogP contribution in [0.5, 0.6) is 0 Å². The Balaban J connectivity index is 2.20. The summed E-state index contributed by atoms with van der Waals surface area (Å²) in [5.74, 6) is -0.298. The van der Waals surface area contributed by atoms with Gasteiger partial charge in [0.05, 0.1) is 23.8 Å². The van der Waals surface area contributed by atoms with Gasteiger partial charge >= 0.3 is 0 Å². The second-order valence-corrected chi connectivity index (χ2v) is 3.71. The molecule has 3 N–H and O–H groups in total. The number of nitrogens with one attached hydrogen (secondary N) is 1. The molecule has 0 saturated heterocycles. The van der Waals surface area contributed by atoms with E-state index in [2.05, 4.69) is 15.4 Å². The zero-order valence-corrected chi connectivity index (χ0v) is 9.64. The van der Waals surface area contributed by atoms with E-state index in [1.54, 1.807) is 19.3 Å². The van der Waals surface area contributed by atoms with Gasteiger partial charge < -0.3 is 11.1 Å². The van der Waals surface area contributed by atoms with Crippen LogP contribution in [-0.2, 0) is 7.05 Å². The van der Waals surface area contributed by atoms with Gasteiger partial charge in [0.25, 0.3) is 5.91 Å². The van der Waals surface area contributed by atoms with E-state index in [0.717, 1.165) is 5.69 Å². The Morgan fingerprint density at radius 1 is 1.41 bits per heavy atom. The molecular weight excluding hydrogens is 218 g/mol. The van der Waals surface area contributed by atoms with Gasteiger partial charge in [0, 0.05) is 12.7 Å². The van der Waals surface area contributed by atoms with E-state index in [9.17, 15) is 4.79 Å². The van der Waals surface area contributed by atoms with Crippen LogP contribution in [-0.4, -0.2) is 20.7 Å². The number of nitrogen functional groups attached to an aromatic ring is 1. The summed E-state index contributed by atoms with van der Waals surface area (Å²) in [4.78, 5) is 16.0. The van der Waals surface area contributed by atoms with Crippen LogP contribution in [0.1, 0.15) is 16.2 Å². The molecule has 0 aromatic carbocycles. The Morgan fingerprint density at radius 2 is 2.18 bits per heavy atom. The maximum atomic E-state index is 11.9. The van der Waals surface area contributed by atoms with Crippen LogP contribution in [0.15, 0.2) is 24.5 Å². The number of aromatic nitrogens is 3. The van der Waals surface area contributed by atoms with Crippen molar-refractivity contribution in [3.8, 4) is 0 Å². The van der Waals surface area contributed by atoms with Crippen molar-refractivity contribution in [3.63, 3.8) is 0 Å². The number of pyridine rings is 1. The van der Waals surface area contributed by atoms with E-state index in [-0.39, 0.29) is 5.91 Å². The fraction of sp³-hybridized carbons (Fsp3) is 0.182. The highest BCUT2D eigenvalue weighted by molar-refractivity contribution is 6.06. The van der Waals surface area contributed by atoms with Crippen molar-refractivity contribution in [2.45, 2.75) is 6.92 Å². The van der Waals surface area contributed by atoms with Crippen LogP contribution < -0.4 is 11.1 Å². The summed E-state index contributed by atoms with van der Waals surface area (Å²) < 4.78 is 1.44. The van der Waals surface area contributed by atoms with Crippen molar-refractivity contribution in [1.29, 1.82) is 0 Å². The third kappa shape index (κ3) is 2.25. The molecule has 0 spiro atoms. The highest BCUT2D eigenvalue weighted by atomic mass is 16.2. The Hall–Kier alpha value is -2.37. The minimum absolute atomic E-state index is 0.298. The molecule has 0 unspecified atom stereocenters. The molecule has 2 heterocycles. The summed E-state index contributed by atoms with van der Waals surface area (Å²) in [5.41, 5.74) is 7.87. The van der Waals surface area contributed by atoms with E-state index in [4.69, 9.17) is 5.73 Å². The van der Waals surface area contributed by atoms with Crippen molar-refractivity contribution >= 4 is 17.3 Å². The number of nitrogens with zero attached hydrogens (tertiary/aromatic N) is 3. The van der Waals surface area contributed by atoms with Gasteiger partial charge in [0.1, 0.15) is 5.69 Å². The van der Waals surface area contributed by atoms with Crippen molar-refractivity contribution in [2.75, 3.05) is 11.1 Å². The van der Waals surface area contributed by atoms with Gasteiger partial charge in [-0.2, -0.15) is 5.10 Å². The summed E-state index contributed by atoms with van der Waals surface area (Å²) in [6.45, 7) is 1.88. The summed E-state index contributed by atoms with van der Waals surface area (Å²) >= 11 is 0. The molecule has 6 heteroatoms. The second kappa shape index (κ2) is 4.25. The molecular formula is C11H13N5O. The number of aryl methyl sites for hydroxylation is 2. The monoisotopic (exact) mass is 231 g/mol. The van der Waals surface area contributed by atoms with Gasteiger partial charge in [-0.15, -0.1) is 0 Å². The summed E-state index contributed by atoms with van der Waals surface area (Å²) in [6.07, 6.45) is 3.04. The van der Waals surface area contributed by atoms with Crippen LogP contribution in [0, 0.1) is 6.92 Å². The van der Waals surface area contributed by atoms with Gasteiger partial charge in [-0.1, -0.05) is 0 Å². The Bertz CT molecular complexity index is 524. The van der Waals surface area contributed by atoms with E-state index in [1.807, 2.05) is 13.0 Å². The molecule has 2 aromatic heterocycles. The van der Waals surface area contributed by atoms with E-state index >= 15 is 0 Å². The maximum absolute atomic E-state index is 11.9. The minimum atomic E-state index is -0.298. The number of anilines is 2. The molecule has 0 aliphatic carbocycles. The molecule has 0 atom stereocenters. The molecule has 0 aliphatic rings. The topological polar surface area (TPSA) is 85.8 Å². The van der Waals surface area contributed by atoms with Crippen LogP contribution in [0.2, 0.25) is 0 Å². The zero-order valence-electron chi connectivity index (χ0n) is 9.64. The number of rotatable bonds is 2. The number of carbonyl (C=O) groups excluding carboxylic acids is 1. The van der Waals surface area contributed by atoms with E-state index < -0.39 is 0 Å². The largest absolute Gasteiger partial charge is 0.396 e. The minimum Gasteiger partial charge on any atom is -0.396 e. The summed E-state index contributed by atoms with van der Waals surface area (Å²) in [5, 5.41) is 6.62.